The van der Waals surface area contributed by atoms with Crippen molar-refractivity contribution in [3.63, 3.8) is 0 Å². The van der Waals surface area contributed by atoms with Gasteiger partial charge >= 0.3 is 0 Å². The lowest BCUT2D eigenvalue weighted by Gasteiger charge is -2.08. The van der Waals surface area contributed by atoms with Crippen LogP contribution >= 0.6 is 0 Å². The topological polar surface area (TPSA) is 68.2 Å². The summed E-state index contributed by atoms with van der Waals surface area (Å²) in [5.41, 5.74) is 3.23. The number of hydrogen-bond acceptors (Lipinski definition) is 3. The second-order valence-corrected chi connectivity index (χ2v) is 9.85. The number of halogens is 1. The van der Waals surface area contributed by atoms with Gasteiger partial charge in [-0.25, -0.2) is 12.8 Å². The number of carbonyl (C=O) groups is 1. The highest BCUT2D eigenvalue weighted by molar-refractivity contribution is 7.90. The largest absolute Gasteiger partial charge is 0.337 e. The zero-order valence-electron chi connectivity index (χ0n) is 17.8. The van der Waals surface area contributed by atoms with E-state index in [1.165, 1.54) is 12.3 Å². The molecule has 0 radical (unpaired) electrons. The molecule has 0 saturated heterocycles. The smallest absolute Gasteiger partial charge is 0.244 e. The van der Waals surface area contributed by atoms with E-state index in [2.05, 4.69) is 5.32 Å². The van der Waals surface area contributed by atoms with Gasteiger partial charge in [0, 0.05) is 22.8 Å². The molecular formula is C25H23FN2O3S. The van der Waals surface area contributed by atoms with Gasteiger partial charge in [-0.1, -0.05) is 54.1 Å². The number of sulfone groups is 1. The Morgan fingerprint density at radius 1 is 1.00 bits per heavy atom. The second-order valence-electron chi connectivity index (χ2n) is 7.90. The predicted octanol–water partition coefficient (Wildman–Crippen LogP) is 5.01. The van der Waals surface area contributed by atoms with Crippen LogP contribution in [0.1, 0.15) is 16.7 Å². The zero-order chi connectivity index (χ0) is 22.9. The highest BCUT2D eigenvalue weighted by atomic mass is 32.2. The number of amides is 1. The number of benzene rings is 3. The van der Waals surface area contributed by atoms with Crippen LogP contribution in [-0.4, -0.2) is 18.9 Å². The lowest BCUT2D eigenvalue weighted by Crippen LogP contribution is -2.18. The molecule has 0 bridgehead atoms. The molecule has 0 saturated carbocycles. The molecule has 1 heterocycles. The molecule has 0 fully saturated rings. The minimum absolute atomic E-state index is 0.101. The Hall–Kier alpha value is -3.45. The van der Waals surface area contributed by atoms with E-state index in [1.807, 2.05) is 19.1 Å². The van der Waals surface area contributed by atoms with Gasteiger partial charge < -0.3 is 9.88 Å². The minimum atomic E-state index is -3.64. The van der Waals surface area contributed by atoms with E-state index in [1.54, 1.807) is 60.0 Å². The fraction of sp³-hybridized carbons (Fsp3) is 0.160. The summed E-state index contributed by atoms with van der Waals surface area (Å²) < 4.78 is 41.8. The summed E-state index contributed by atoms with van der Waals surface area (Å²) in [6.45, 7) is 3.49. The minimum Gasteiger partial charge on any atom is -0.337 e. The van der Waals surface area contributed by atoms with Crippen LogP contribution in [0.3, 0.4) is 0 Å². The highest BCUT2D eigenvalue weighted by Crippen LogP contribution is 2.28. The number of hydrogen-bond donors (Lipinski definition) is 1. The third-order valence-corrected chi connectivity index (χ3v) is 7.04. The van der Waals surface area contributed by atoms with Gasteiger partial charge in [0.1, 0.15) is 12.4 Å². The first kappa shape index (κ1) is 21.8. The lowest BCUT2D eigenvalue weighted by atomic mass is 10.2. The Morgan fingerprint density at radius 2 is 1.72 bits per heavy atom. The van der Waals surface area contributed by atoms with Crippen LogP contribution in [0.15, 0.2) is 77.8 Å². The van der Waals surface area contributed by atoms with Gasteiger partial charge in [-0.15, -0.1) is 0 Å². The first-order valence-corrected chi connectivity index (χ1v) is 11.8. The Balaban J connectivity index is 1.62. The van der Waals surface area contributed by atoms with E-state index in [9.17, 15) is 17.6 Å². The highest BCUT2D eigenvalue weighted by Gasteiger charge is 2.22. The van der Waals surface area contributed by atoms with Gasteiger partial charge in [0.15, 0.2) is 9.84 Å². The molecule has 1 N–H and O–H groups in total. The van der Waals surface area contributed by atoms with Crippen LogP contribution in [0.2, 0.25) is 0 Å². The van der Waals surface area contributed by atoms with Gasteiger partial charge in [-0.05, 0) is 43.2 Å². The van der Waals surface area contributed by atoms with Crippen molar-refractivity contribution in [1.82, 2.24) is 4.57 Å². The number of rotatable bonds is 6. The van der Waals surface area contributed by atoms with Crippen LogP contribution in [-0.2, 0) is 26.9 Å². The number of carbonyl (C=O) groups excluding carboxylic acids is 1. The first-order chi connectivity index (χ1) is 15.2. The molecule has 1 aromatic heterocycles. The lowest BCUT2D eigenvalue weighted by molar-refractivity contribution is -0.116. The molecule has 164 valence electrons. The number of anilines is 1. The normalized spacial score (nSPS) is 11.6. The average Bonchev–Trinajstić information content (AvgIpc) is 3.12. The molecule has 5 nitrogen and oxygen atoms in total. The molecule has 0 atom stereocenters. The summed E-state index contributed by atoms with van der Waals surface area (Å²) >= 11 is 0. The summed E-state index contributed by atoms with van der Waals surface area (Å²) in [6, 6.07) is 18.9. The molecular weight excluding hydrogens is 427 g/mol. The van der Waals surface area contributed by atoms with E-state index in [-0.39, 0.29) is 23.1 Å². The number of aryl methyl sites for hydroxylation is 2. The van der Waals surface area contributed by atoms with Gasteiger partial charge in [-0.3, -0.25) is 4.79 Å². The average molecular weight is 451 g/mol. The SMILES string of the molecule is Cc1ccc(CS(=O)(=O)c2cn(CC(=O)Nc3ccc(C)c(F)c3)c3ccccc23)cc1. The van der Waals surface area contributed by atoms with Gasteiger partial charge in [0.25, 0.3) is 0 Å². The number of fused-ring (bicyclic) bond motifs is 1. The Bertz CT molecular complexity index is 1410. The third-order valence-electron chi connectivity index (χ3n) is 5.33. The standard InChI is InChI=1S/C25H23FN2O3S/c1-17-7-10-19(11-8-17)16-32(30,31)24-14-28(23-6-4-3-5-21(23)24)15-25(29)27-20-12-9-18(2)22(26)13-20/h3-14H,15-16H2,1-2H3,(H,27,29). The molecule has 32 heavy (non-hydrogen) atoms. The van der Waals surface area contributed by atoms with Crippen LogP contribution in [0.5, 0.6) is 0 Å². The summed E-state index contributed by atoms with van der Waals surface area (Å²) in [7, 11) is -3.64. The second kappa shape index (κ2) is 8.59. The molecule has 3 aromatic carbocycles. The van der Waals surface area contributed by atoms with Crippen LogP contribution < -0.4 is 5.32 Å². The maximum Gasteiger partial charge on any atom is 0.244 e. The van der Waals surface area contributed by atoms with Crippen molar-refractivity contribution in [2.45, 2.75) is 31.0 Å². The number of nitrogens with zero attached hydrogens (tertiary/aromatic N) is 1. The quantitative estimate of drug-likeness (QED) is 0.449. The fourth-order valence-electron chi connectivity index (χ4n) is 3.60. The molecule has 0 aliphatic heterocycles. The molecule has 0 aliphatic carbocycles. The van der Waals surface area contributed by atoms with E-state index >= 15 is 0 Å². The summed E-state index contributed by atoms with van der Waals surface area (Å²) in [4.78, 5) is 12.8. The first-order valence-electron chi connectivity index (χ1n) is 10.1. The van der Waals surface area contributed by atoms with E-state index in [0.717, 1.165) is 5.56 Å². The number of para-hydroxylation sites is 1. The van der Waals surface area contributed by atoms with Crippen molar-refractivity contribution in [3.05, 3.63) is 95.4 Å². The van der Waals surface area contributed by atoms with Crippen molar-refractivity contribution in [2.24, 2.45) is 0 Å². The summed E-state index contributed by atoms with van der Waals surface area (Å²) in [6.07, 6.45) is 1.50. The Morgan fingerprint density at radius 3 is 2.44 bits per heavy atom. The Labute approximate surface area is 186 Å². The molecule has 0 aliphatic rings. The summed E-state index contributed by atoms with van der Waals surface area (Å²) in [5.74, 6) is -0.911. The van der Waals surface area contributed by atoms with Gasteiger partial charge in [0.05, 0.1) is 10.6 Å². The maximum atomic E-state index is 13.8. The van der Waals surface area contributed by atoms with Gasteiger partial charge in [0.2, 0.25) is 5.91 Å². The third kappa shape index (κ3) is 4.57. The van der Waals surface area contributed by atoms with Crippen LogP contribution in [0.25, 0.3) is 10.9 Å². The fourth-order valence-corrected chi connectivity index (χ4v) is 5.18. The van der Waals surface area contributed by atoms with Crippen molar-refractivity contribution in [2.75, 3.05) is 5.32 Å². The number of nitrogens with one attached hydrogen (secondary N) is 1. The molecule has 0 unspecified atom stereocenters. The molecule has 1 amide bonds. The van der Waals surface area contributed by atoms with Crippen molar-refractivity contribution >= 4 is 32.3 Å². The van der Waals surface area contributed by atoms with Crippen molar-refractivity contribution in [3.8, 4) is 0 Å². The molecule has 0 spiro atoms. The van der Waals surface area contributed by atoms with Gasteiger partial charge in [-0.2, -0.15) is 0 Å². The van der Waals surface area contributed by atoms with Crippen LogP contribution in [0, 0.1) is 19.7 Å². The van der Waals surface area contributed by atoms with Crippen molar-refractivity contribution < 1.29 is 17.6 Å². The van der Waals surface area contributed by atoms with Crippen molar-refractivity contribution in [1.29, 1.82) is 0 Å². The van der Waals surface area contributed by atoms with E-state index in [4.69, 9.17) is 0 Å². The number of aromatic nitrogens is 1. The summed E-state index contributed by atoms with van der Waals surface area (Å²) in [5, 5.41) is 3.23. The zero-order valence-corrected chi connectivity index (χ0v) is 18.6. The van der Waals surface area contributed by atoms with E-state index < -0.39 is 15.7 Å². The predicted molar refractivity (Wildman–Crippen MR) is 124 cm³/mol. The maximum absolute atomic E-state index is 13.8. The molecule has 7 heteroatoms. The Kier molecular flexibility index (Phi) is 5.84. The molecule has 4 rings (SSSR count). The molecule has 4 aromatic rings. The monoisotopic (exact) mass is 450 g/mol. The van der Waals surface area contributed by atoms with E-state index in [0.29, 0.717) is 27.7 Å². The van der Waals surface area contributed by atoms with Crippen LogP contribution in [0.4, 0.5) is 10.1 Å².